The molecular formula is C15H18N4O. The van der Waals surface area contributed by atoms with E-state index >= 15 is 0 Å². The lowest BCUT2D eigenvalue weighted by Crippen LogP contribution is -2.27. The molecule has 1 aromatic heterocycles. The van der Waals surface area contributed by atoms with Crippen molar-refractivity contribution >= 4 is 11.6 Å². The summed E-state index contributed by atoms with van der Waals surface area (Å²) in [6.07, 6.45) is 0. The average Bonchev–Trinajstić information content (AvgIpc) is 2.43. The lowest BCUT2D eigenvalue weighted by Gasteiger charge is -2.18. The fourth-order valence-electron chi connectivity index (χ4n) is 1.94. The smallest absolute Gasteiger partial charge is 0.255 e. The van der Waals surface area contributed by atoms with Crippen LogP contribution in [-0.4, -0.2) is 28.1 Å². The van der Waals surface area contributed by atoms with E-state index in [-0.39, 0.29) is 5.91 Å². The molecule has 0 bridgehead atoms. The Morgan fingerprint density at radius 2 is 1.85 bits per heavy atom. The molecule has 0 radical (unpaired) electrons. The van der Waals surface area contributed by atoms with Gasteiger partial charge in [0.15, 0.2) is 0 Å². The molecule has 2 rings (SSSR count). The molecule has 0 aliphatic rings. The Labute approximate surface area is 118 Å². The van der Waals surface area contributed by atoms with Crippen LogP contribution in [0.5, 0.6) is 0 Å². The third kappa shape index (κ3) is 3.12. The molecule has 2 N–H and O–H groups in total. The van der Waals surface area contributed by atoms with Gasteiger partial charge in [-0.15, -0.1) is 0 Å². The van der Waals surface area contributed by atoms with E-state index in [1.165, 1.54) is 0 Å². The van der Waals surface area contributed by atoms with Crippen LogP contribution in [0.2, 0.25) is 0 Å². The summed E-state index contributed by atoms with van der Waals surface area (Å²) in [5.74, 6) is -0.0580. The molecule has 2 aromatic rings. The lowest BCUT2D eigenvalue weighted by molar-refractivity contribution is 0.0783. The number of carbonyl (C=O) groups is 1. The molecule has 0 fully saturated rings. The predicted octanol–water partition coefficient (Wildman–Crippen LogP) is 1.95. The topological polar surface area (TPSA) is 72.1 Å². The lowest BCUT2D eigenvalue weighted by atomic mass is 10.1. The van der Waals surface area contributed by atoms with Crippen LogP contribution in [0, 0.1) is 13.8 Å². The fourth-order valence-corrected chi connectivity index (χ4v) is 1.94. The predicted molar refractivity (Wildman–Crippen MR) is 78.2 cm³/mol. The average molecular weight is 270 g/mol. The summed E-state index contributed by atoms with van der Waals surface area (Å²) in [7, 11) is 1.77. The van der Waals surface area contributed by atoms with Gasteiger partial charge >= 0.3 is 0 Å². The number of rotatable bonds is 3. The molecule has 0 unspecified atom stereocenters. The Kier molecular flexibility index (Phi) is 3.98. The van der Waals surface area contributed by atoms with Gasteiger partial charge in [-0.25, -0.2) is 0 Å². The number of carbonyl (C=O) groups excluding carboxylic acids is 1. The molecule has 5 nitrogen and oxygen atoms in total. The monoisotopic (exact) mass is 270 g/mol. The molecule has 1 amide bonds. The molecule has 20 heavy (non-hydrogen) atoms. The van der Waals surface area contributed by atoms with Gasteiger partial charge in [-0.1, -0.05) is 12.1 Å². The first-order valence-electron chi connectivity index (χ1n) is 6.38. The minimum atomic E-state index is -0.0580. The van der Waals surface area contributed by atoms with E-state index in [9.17, 15) is 4.79 Å². The second-order valence-corrected chi connectivity index (χ2v) is 4.89. The van der Waals surface area contributed by atoms with Gasteiger partial charge in [0.1, 0.15) is 0 Å². The SMILES string of the molecule is Cc1cc(C(=O)N(C)Cc2ccc(N)cc2)c(C)nn1. The molecule has 1 heterocycles. The highest BCUT2D eigenvalue weighted by Crippen LogP contribution is 2.12. The third-order valence-electron chi connectivity index (χ3n) is 3.08. The van der Waals surface area contributed by atoms with E-state index in [0.29, 0.717) is 23.5 Å². The van der Waals surface area contributed by atoms with Gasteiger partial charge in [-0.2, -0.15) is 10.2 Å². The summed E-state index contributed by atoms with van der Waals surface area (Å²) in [6.45, 7) is 4.14. The quantitative estimate of drug-likeness (QED) is 0.865. The van der Waals surface area contributed by atoms with Crippen molar-refractivity contribution in [2.75, 3.05) is 12.8 Å². The van der Waals surface area contributed by atoms with Crippen LogP contribution in [0.4, 0.5) is 5.69 Å². The van der Waals surface area contributed by atoms with Crippen molar-refractivity contribution in [3.05, 3.63) is 52.8 Å². The molecule has 0 saturated carbocycles. The number of benzene rings is 1. The summed E-state index contributed by atoms with van der Waals surface area (Å²) in [4.78, 5) is 14.1. The standard InChI is InChI=1S/C15H18N4O/c1-10-8-14(11(2)18-17-10)15(20)19(3)9-12-4-6-13(16)7-5-12/h4-8H,9,16H2,1-3H3. The van der Waals surface area contributed by atoms with Gasteiger partial charge in [0.2, 0.25) is 0 Å². The van der Waals surface area contributed by atoms with Gasteiger partial charge in [-0.3, -0.25) is 4.79 Å². The van der Waals surface area contributed by atoms with Crippen molar-refractivity contribution in [3.8, 4) is 0 Å². The second kappa shape index (κ2) is 5.69. The van der Waals surface area contributed by atoms with E-state index < -0.39 is 0 Å². The normalized spacial score (nSPS) is 10.3. The first kappa shape index (κ1) is 14.0. The highest BCUT2D eigenvalue weighted by molar-refractivity contribution is 5.95. The maximum absolute atomic E-state index is 12.4. The molecular weight excluding hydrogens is 252 g/mol. The van der Waals surface area contributed by atoms with E-state index in [4.69, 9.17) is 5.73 Å². The third-order valence-corrected chi connectivity index (χ3v) is 3.08. The van der Waals surface area contributed by atoms with Crippen molar-refractivity contribution in [2.45, 2.75) is 20.4 Å². The molecule has 0 atom stereocenters. The minimum Gasteiger partial charge on any atom is -0.399 e. The fraction of sp³-hybridized carbons (Fsp3) is 0.267. The Morgan fingerprint density at radius 3 is 2.50 bits per heavy atom. The Hall–Kier alpha value is -2.43. The Morgan fingerprint density at radius 1 is 1.20 bits per heavy atom. The number of aryl methyl sites for hydroxylation is 2. The van der Waals surface area contributed by atoms with Gasteiger partial charge in [0.05, 0.1) is 17.0 Å². The van der Waals surface area contributed by atoms with Crippen LogP contribution in [-0.2, 0) is 6.54 Å². The zero-order chi connectivity index (χ0) is 14.7. The largest absolute Gasteiger partial charge is 0.399 e. The highest BCUT2D eigenvalue weighted by Gasteiger charge is 2.15. The van der Waals surface area contributed by atoms with Crippen LogP contribution in [0.25, 0.3) is 0 Å². The molecule has 0 aliphatic carbocycles. The van der Waals surface area contributed by atoms with Crippen LogP contribution >= 0.6 is 0 Å². The summed E-state index contributed by atoms with van der Waals surface area (Å²) in [5.41, 5.74) is 9.37. The van der Waals surface area contributed by atoms with Crippen molar-refractivity contribution < 1.29 is 4.79 Å². The number of hydrogen-bond acceptors (Lipinski definition) is 4. The van der Waals surface area contributed by atoms with Gasteiger partial charge in [-0.05, 0) is 37.6 Å². The second-order valence-electron chi connectivity index (χ2n) is 4.89. The van der Waals surface area contributed by atoms with Crippen LogP contribution in [0.1, 0.15) is 27.3 Å². The van der Waals surface area contributed by atoms with Crippen LogP contribution < -0.4 is 5.73 Å². The molecule has 0 saturated heterocycles. The van der Waals surface area contributed by atoms with Crippen LogP contribution in [0.3, 0.4) is 0 Å². The molecule has 104 valence electrons. The molecule has 0 aliphatic heterocycles. The molecule has 0 spiro atoms. The van der Waals surface area contributed by atoms with E-state index in [1.54, 1.807) is 24.9 Å². The maximum atomic E-state index is 12.4. The minimum absolute atomic E-state index is 0.0580. The number of anilines is 1. The van der Waals surface area contributed by atoms with E-state index in [1.807, 2.05) is 31.2 Å². The number of amides is 1. The first-order valence-corrected chi connectivity index (χ1v) is 6.38. The zero-order valence-electron chi connectivity index (χ0n) is 11.9. The van der Waals surface area contributed by atoms with Crippen molar-refractivity contribution in [3.63, 3.8) is 0 Å². The molecule has 1 aromatic carbocycles. The van der Waals surface area contributed by atoms with E-state index in [2.05, 4.69) is 10.2 Å². The summed E-state index contributed by atoms with van der Waals surface area (Å²) in [6, 6.07) is 9.27. The van der Waals surface area contributed by atoms with E-state index in [0.717, 1.165) is 11.3 Å². The van der Waals surface area contributed by atoms with Gasteiger partial charge in [0, 0.05) is 19.3 Å². The number of aromatic nitrogens is 2. The Balaban J connectivity index is 2.16. The first-order chi connectivity index (χ1) is 9.47. The van der Waals surface area contributed by atoms with Gasteiger partial charge < -0.3 is 10.6 Å². The van der Waals surface area contributed by atoms with Crippen molar-refractivity contribution in [1.29, 1.82) is 0 Å². The van der Waals surface area contributed by atoms with Gasteiger partial charge in [0.25, 0.3) is 5.91 Å². The number of hydrogen-bond donors (Lipinski definition) is 1. The summed E-state index contributed by atoms with van der Waals surface area (Å²) >= 11 is 0. The number of nitrogen functional groups attached to an aromatic ring is 1. The molecule has 5 heteroatoms. The summed E-state index contributed by atoms with van der Waals surface area (Å²) in [5, 5.41) is 7.93. The number of nitrogens with two attached hydrogens (primary N) is 1. The number of nitrogens with zero attached hydrogens (tertiary/aromatic N) is 3. The van der Waals surface area contributed by atoms with Crippen molar-refractivity contribution in [2.24, 2.45) is 0 Å². The summed E-state index contributed by atoms with van der Waals surface area (Å²) < 4.78 is 0. The zero-order valence-corrected chi connectivity index (χ0v) is 11.9. The maximum Gasteiger partial charge on any atom is 0.255 e. The van der Waals surface area contributed by atoms with Crippen molar-refractivity contribution in [1.82, 2.24) is 15.1 Å². The Bertz CT molecular complexity index is 622. The highest BCUT2D eigenvalue weighted by atomic mass is 16.2. The van der Waals surface area contributed by atoms with Crippen LogP contribution in [0.15, 0.2) is 30.3 Å².